The SMILES string of the molecule is C[C@@H]1C[C@H](O)CN1C1CCN(c2cc(C(=O)N[C@H](C)c3cccc(C(F)(F)F)c3F)cn3ncnc23)CC1. The third-order valence-electron chi connectivity index (χ3n) is 7.64. The van der Waals surface area contributed by atoms with Crippen molar-refractivity contribution in [3.05, 3.63) is 59.3 Å². The molecular formula is C26H30F4N6O2. The quantitative estimate of drug-likeness (QED) is 0.485. The van der Waals surface area contributed by atoms with Crippen LogP contribution in [0.1, 0.15) is 60.6 Å². The number of aliphatic hydroxyl groups is 1. The Balaban J connectivity index is 1.34. The van der Waals surface area contributed by atoms with Gasteiger partial charge in [0.2, 0.25) is 0 Å². The molecule has 1 amide bonds. The molecule has 2 aliphatic heterocycles. The van der Waals surface area contributed by atoms with Crippen LogP contribution in [0.15, 0.2) is 36.8 Å². The lowest BCUT2D eigenvalue weighted by atomic mass is 10.0. The first-order chi connectivity index (χ1) is 18.0. The third kappa shape index (κ3) is 5.06. The van der Waals surface area contributed by atoms with E-state index in [1.807, 2.05) is 0 Å². The third-order valence-corrected chi connectivity index (χ3v) is 7.64. The van der Waals surface area contributed by atoms with E-state index in [2.05, 4.69) is 32.1 Å². The smallest absolute Gasteiger partial charge is 0.392 e. The van der Waals surface area contributed by atoms with Crippen LogP contribution in [0.5, 0.6) is 0 Å². The van der Waals surface area contributed by atoms with Crippen molar-refractivity contribution in [2.45, 2.75) is 63.5 Å². The minimum atomic E-state index is -4.84. The van der Waals surface area contributed by atoms with Gasteiger partial charge >= 0.3 is 6.18 Å². The first-order valence-electron chi connectivity index (χ1n) is 12.7. The number of aliphatic hydroxyl groups excluding tert-OH is 1. The number of anilines is 1. The van der Waals surface area contributed by atoms with Crippen molar-refractivity contribution in [1.82, 2.24) is 24.8 Å². The van der Waals surface area contributed by atoms with Crippen molar-refractivity contribution in [1.29, 1.82) is 0 Å². The van der Waals surface area contributed by atoms with Crippen LogP contribution in [0, 0.1) is 5.82 Å². The van der Waals surface area contributed by atoms with Crippen LogP contribution in [0.4, 0.5) is 23.2 Å². The Hall–Kier alpha value is -3.25. The minimum Gasteiger partial charge on any atom is -0.392 e. The van der Waals surface area contributed by atoms with Crippen LogP contribution in [-0.4, -0.2) is 68.3 Å². The summed E-state index contributed by atoms with van der Waals surface area (Å²) in [6, 6.07) is 4.41. The molecule has 2 N–H and O–H groups in total. The van der Waals surface area contributed by atoms with Crippen LogP contribution in [-0.2, 0) is 6.18 Å². The summed E-state index contributed by atoms with van der Waals surface area (Å²) < 4.78 is 55.5. The number of pyridine rings is 1. The van der Waals surface area contributed by atoms with Crippen molar-refractivity contribution in [3.8, 4) is 0 Å². The van der Waals surface area contributed by atoms with E-state index in [1.165, 1.54) is 30.0 Å². The molecular weight excluding hydrogens is 504 g/mol. The summed E-state index contributed by atoms with van der Waals surface area (Å²) in [5.74, 6) is -1.97. The fourth-order valence-corrected chi connectivity index (χ4v) is 5.70. The summed E-state index contributed by atoms with van der Waals surface area (Å²) in [4.78, 5) is 22.0. The fraction of sp³-hybridized carbons (Fsp3) is 0.500. The second-order valence-corrected chi connectivity index (χ2v) is 10.2. The van der Waals surface area contributed by atoms with Gasteiger partial charge < -0.3 is 15.3 Å². The molecule has 2 aromatic heterocycles. The number of alkyl halides is 3. The summed E-state index contributed by atoms with van der Waals surface area (Å²) in [5, 5.41) is 16.8. The van der Waals surface area contributed by atoms with E-state index >= 15 is 0 Å². The van der Waals surface area contributed by atoms with Crippen molar-refractivity contribution >= 4 is 17.2 Å². The molecule has 2 aliphatic rings. The molecule has 0 saturated carbocycles. The van der Waals surface area contributed by atoms with Crippen molar-refractivity contribution in [3.63, 3.8) is 0 Å². The van der Waals surface area contributed by atoms with E-state index in [1.54, 1.807) is 6.07 Å². The molecule has 4 heterocycles. The molecule has 0 aliphatic carbocycles. The van der Waals surface area contributed by atoms with E-state index in [4.69, 9.17) is 0 Å². The zero-order valence-electron chi connectivity index (χ0n) is 21.1. The highest BCUT2D eigenvalue weighted by atomic mass is 19.4. The monoisotopic (exact) mass is 534 g/mol. The van der Waals surface area contributed by atoms with Gasteiger partial charge in [-0.25, -0.2) is 13.9 Å². The zero-order chi connectivity index (χ0) is 27.2. The predicted octanol–water partition coefficient (Wildman–Crippen LogP) is 3.80. The summed E-state index contributed by atoms with van der Waals surface area (Å²) in [7, 11) is 0. The number of halogens is 4. The molecule has 0 bridgehead atoms. The number of nitrogens with zero attached hydrogens (tertiary/aromatic N) is 5. The molecule has 204 valence electrons. The Morgan fingerprint density at radius 1 is 1.24 bits per heavy atom. The zero-order valence-corrected chi connectivity index (χ0v) is 21.1. The van der Waals surface area contributed by atoms with E-state index in [0.29, 0.717) is 30.3 Å². The molecule has 2 saturated heterocycles. The van der Waals surface area contributed by atoms with Gasteiger partial charge in [-0.1, -0.05) is 12.1 Å². The Morgan fingerprint density at radius 3 is 2.63 bits per heavy atom. The first-order valence-corrected chi connectivity index (χ1v) is 12.7. The normalized spacial score (nSPS) is 22.2. The average Bonchev–Trinajstić information content (AvgIpc) is 3.48. The summed E-state index contributed by atoms with van der Waals surface area (Å²) >= 11 is 0. The highest BCUT2D eigenvalue weighted by molar-refractivity contribution is 5.96. The second kappa shape index (κ2) is 10.1. The lowest BCUT2D eigenvalue weighted by Crippen LogP contribution is -2.46. The van der Waals surface area contributed by atoms with E-state index in [9.17, 15) is 27.5 Å². The van der Waals surface area contributed by atoms with Gasteiger partial charge in [-0.05, 0) is 45.2 Å². The van der Waals surface area contributed by atoms with Gasteiger partial charge in [0.1, 0.15) is 12.1 Å². The van der Waals surface area contributed by atoms with Gasteiger partial charge in [-0.15, -0.1) is 0 Å². The lowest BCUT2D eigenvalue weighted by molar-refractivity contribution is -0.140. The molecule has 5 rings (SSSR count). The molecule has 0 unspecified atom stereocenters. The molecule has 0 radical (unpaired) electrons. The highest BCUT2D eigenvalue weighted by Gasteiger charge is 2.36. The average molecular weight is 535 g/mol. The largest absolute Gasteiger partial charge is 0.419 e. The first kappa shape index (κ1) is 26.4. The summed E-state index contributed by atoms with van der Waals surface area (Å²) in [6.07, 6.45) is 0.314. The van der Waals surface area contributed by atoms with Crippen LogP contribution in [0.3, 0.4) is 0 Å². The number of rotatable bonds is 5. The number of carbonyl (C=O) groups excluding carboxylic acids is 1. The molecule has 3 atom stereocenters. The Morgan fingerprint density at radius 2 is 1.97 bits per heavy atom. The number of hydrogen-bond donors (Lipinski definition) is 2. The number of likely N-dealkylation sites (tertiary alicyclic amines) is 1. The molecule has 38 heavy (non-hydrogen) atoms. The Kier molecular flexibility index (Phi) is 7.03. The van der Waals surface area contributed by atoms with Crippen LogP contribution < -0.4 is 10.2 Å². The molecule has 8 nitrogen and oxygen atoms in total. The maximum absolute atomic E-state index is 14.6. The number of fused-ring (bicyclic) bond motifs is 1. The Labute approximate surface area is 217 Å². The molecule has 12 heteroatoms. The number of nitrogens with one attached hydrogen (secondary N) is 1. The van der Waals surface area contributed by atoms with Crippen molar-refractivity contribution in [2.24, 2.45) is 0 Å². The van der Waals surface area contributed by atoms with Gasteiger partial charge in [0.05, 0.1) is 29.0 Å². The van der Waals surface area contributed by atoms with E-state index in [-0.39, 0.29) is 17.2 Å². The van der Waals surface area contributed by atoms with Crippen molar-refractivity contribution < 1.29 is 27.5 Å². The summed E-state index contributed by atoms with van der Waals surface area (Å²) in [5.41, 5.74) is -0.0826. The lowest BCUT2D eigenvalue weighted by Gasteiger charge is -2.39. The topological polar surface area (TPSA) is 86.0 Å². The maximum atomic E-state index is 14.6. The maximum Gasteiger partial charge on any atom is 0.419 e. The molecule has 3 aromatic rings. The minimum absolute atomic E-state index is 0.232. The van der Waals surface area contributed by atoms with Crippen LogP contribution >= 0.6 is 0 Å². The number of carbonyl (C=O) groups is 1. The number of hydrogen-bond acceptors (Lipinski definition) is 6. The number of aromatic nitrogens is 3. The molecule has 1 aromatic carbocycles. The summed E-state index contributed by atoms with van der Waals surface area (Å²) in [6.45, 7) is 5.70. The number of piperidine rings is 1. The van der Waals surface area contributed by atoms with Gasteiger partial charge in [-0.2, -0.15) is 18.3 Å². The second-order valence-electron chi connectivity index (χ2n) is 10.2. The number of amides is 1. The van der Waals surface area contributed by atoms with Crippen LogP contribution in [0.25, 0.3) is 5.65 Å². The van der Waals surface area contributed by atoms with Crippen LogP contribution in [0.2, 0.25) is 0 Å². The predicted molar refractivity (Wildman–Crippen MR) is 132 cm³/mol. The Bertz CT molecular complexity index is 1320. The molecule has 0 spiro atoms. The fourth-order valence-electron chi connectivity index (χ4n) is 5.70. The number of β-amino-alcohol motifs (C(OH)–C–C–N with tert-alkyl or cyclic N) is 1. The molecule has 2 fully saturated rings. The van der Waals surface area contributed by atoms with E-state index < -0.39 is 29.5 Å². The standard InChI is InChI=1S/C26H30F4N6O2/c1-15-10-19(37)13-35(15)18-6-8-34(9-7-18)22-11-17(12-36-24(22)31-14-32-36)25(38)33-16(2)20-4-3-5-21(23(20)27)26(28,29)30/h3-5,11-12,14-16,18-19,37H,6-10,13H2,1-2H3,(H,33,38)/t15-,16-,19+/m1/s1. The highest BCUT2D eigenvalue weighted by Crippen LogP contribution is 2.34. The van der Waals surface area contributed by atoms with Gasteiger partial charge in [0.15, 0.2) is 5.65 Å². The van der Waals surface area contributed by atoms with E-state index in [0.717, 1.165) is 44.1 Å². The van der Waals surface area contributed by atoms with Gasteiger partial charge in [0, 0.05) is 43.5 Å². The number of benzene rings is 1. The van der Waals surface area contributed by atoms with Gasteiger partial charge in [-0.3, -0.25) is 9.69 Å². The van der Waals surface area contributed by atoms with Gasteiger partial charge in [0.25, 0.3) is 5.91 Å². The van der Waals surface area contributed by atoms with Crippen molar-refractivity contribution in [2.75, 3.05) is 24.5 Å².